The van der Waals surface area contributed by atoms with Crippen LogP contribution in [0.2, 0.25) is 0 Å². The normalized spacial score (nSPS) is 19.2. The second kappa shape index (κ2) is 4.85. The van der Waals surface area contributed by atoms with Gasteiger partial charge in [-0.25, -0.2) is 0 Å². The van der Waals surface area contributed by atoms with Crippen LogP contribution < -0.4 is 11.1 Å². The van der Waals surface area contributed by atoms with Crippen LogP contribution in [0.1, 0.15) is 30.9 Å². The van der Waals surface area contributed by atoms with E-state index in [9.17, 15) is 9.90 Å². The van der Waals surface area contributed by atoms with E-state index in [0.717, 1.165) is 24.8 Å². The molecule has 92 valence electrons. The molecular formula is C13H18N2O2. The summed E-state index contributed by atoms with van der Waals surface area (Å²) in [7, 11) is 0. The summed E-state index contributed by atoms with van der Waals surface area (Å²) in [5.41, 5.74) is 5.98. The quantitative estimate of drug-likeness (QED) is 0.718. The second-order valence-corrected chi connectivity index (χ2v) is 4.65. The van der Waals surface area contributed by atoms with Gasteiger partial charge in [0.25, 0.3) is 0 Å². The van der Waals surface area contributed by atoms with Crippen LogP contribution in [0.5, 0.6) is 0 Å². The molecule has 1 aromatic carbocycles. The topological polar surface area (TPSA) is 75.4 Å². The first-order valence-electron chi connectivity index (χ1n) is 5.92. The van der Waals surface area contributed by atoms with E-state index in [1.54, 1.807) is 0 Å². The molecule has 1 amide bonds. The Morgan fingerprint density at radius 3 is 2.59 bits per heavy atom. The largest absolute Gasteiger partial charge is 0.387 e. The minimum Gasteiger partial charge on any atom is -0.387 e. The molecule has 4 nitrogen and oxygen atoms in total. The van der Waals surface area contributed by atoms with Crippen LogP contribution in [0, 0.1) is 0 Å². The summed E-state index contributed by atoms with van der Waals surface area (Å²) in [6.07, 6.45) is 1.80. The molecule has 1 unspecified atom stereocenters. The van der Waals surface area contributed by atoms with Crippen molar-refractivity contribution in [1.29, 1.82) is 0 Å². The van der Waals surface area contributed by atoms with Gasteiger partial charge in [-0.15, -0.1) is 0 Å². The summed E-state index contributed by atoms with van der Waals surface area (Å²) in [5.74, 6) is -0.154. The maximum atomic E-state index is 11.7. The van der Waals surface area contributed by atoms with Crippen molar-refractivity contribution in [1.82, 2.24) is 5.32 Å². The van der Waals surface area contributed by atoms with Crippen LogP contribution in [0.25, 0.3) is 0 Å². The summed E-state index contributed by atoms with van der Waals surface area (Å²) in [6.45, 7) is 0.210. The molecule has 1 atom stereocenters. The Balaban J connectivity index is 1.84. The Kier molecular flexibility index (Phi) is 3.45. The van der Waals surface area contributed by atoms with Crippen molar-refractivity contribution in [3.8, 4) is 0 Å². The van der Waals surface area contributed by atoms with Crippen LogP contribution >= 0.6 is 0 Å². The van der Waals surface area contributed by atoms with Gasteiger partial charge >= 0.3 is 0 Å². The fraction of sp³-hybridized carbons (Fsp3) is 0.462. The summed E-state index contributed by atoms with van der Waals surface area (Å²) >= 11 is 0. The first-order chi connectivity index (χ1) is 8.12. The Morgan fingerprint density at radius 2 is 2.06 bits per heavy atom. The molecule has 1 aliphatic carbocycles. The predicted molar refractivity (Wildman–Crippen MR) is 65.2 cm³/mol. The molecule has 0 heterocycles. The van der Waals surface area contributed by atoms with Crippen molar-refractivity contribution in [2.75, 3.05) is 6.54 Å². The maximum Gasteiger partial charge on any atom is 0.240 e. The van der Waals surface area contributed by atoms with E-state index in [4.69, 9.17) is 5.73 Å². The van der Waals surface area contributed by atoms with Gasteiger partial charge in [0.2, 0.25) is 5.91 Å². The molecule has 17 heavy (non-hydrogen) atoms. The number of carbonyl (C=O) groups excluding carboxylic acids is 1. The van der Waals surface area contributed by atoms with Crippen molar-refractivity contribution < 1.29 is 9.90 Å². The Bertz CT molecular complexity index is 388. The van der Waals surface area contributed by atoms with Crippen molar-refractivity contribution >= 4 is 5.91 Å². The molecule has 0 aromatic heterocycles. The van der Waals surface area contributed by atoms with E-state index in [1.807, 2.05) is 30.3 Å². The van der Waals surface area contributed by atoms with Gasteiger partial charge in [-0.3, -0.25) is 4.79 Å². The van der Waals surface area contributed by atoms with Crippen molar-refractivity contribution in [3.05, 3.63) is 35.9 Å². The third kappa shape index (κ3) is 2.65. The average Bonchev–Trinajstić information content (AvgIpc) is 2.33. The zero-order valence-electron chi connectivity index (χ0n) is 9.73. The van der Waals surface area contributed by atoms with Crippen LogP contribution in [-0.2, 0) is 4.79 Å². The maximum absolute atomic E-state index is 11.7. The van der Waals surface area contributed by atoms with Gasteiger partial charge in [0.15, 0.2) is 0 Å². The van der Waals surface area contributed by atoms with E-state index in [2.05, 4.69) is 5.32 Å². The summed E-state index contributed by atoms with van der Waals surface area (Å²) in [6, 6.07) is 9.27. The van der Waals surface area contributed by atoms with E-state index in [0.29, 0.717) is 0 Å². The highest BCUT2D eigenvalue weighted by Gasteiger charge is 2.39. The average molecular weight is 234 g/mol. The number of carbonyl (C=O) groups is 1. The molecule has 4 N–H and O–H groups in total. The molecule has 0 bridgehead atoms. The van der Waals surface area contributed by atoms with E-state index in [-0.39, 0.29) is 12.5 Å². The minimum absolute atomic E-state index is 0.154. The monoisotopic (exact) mass is 234 g/mol. The van der Waals surface area contributed by atoms with Gasteiger partial charge in [-0.2, -0.15) is 0 Å². The molecular weight excluding hydrogens is 216 g/mol. The zero-order chi connectivity index (χ0) is 12.3. The molecule has 0 radical (unpaired) electrons. The molecule has 0 spiro atoms. The lowest BCUT2D eigenvalue weighted by Gasteiger charge is -2.36. The Morgan fingerprint density at radius 1 is 1.41 bits per heavy atom. The number of nitrogens with two attached hydrogens (primary N) is 1. The van der Waals surface area contributed by atoms with Gasteiger partial charge in [0, 0.05) is 6.54 Å². The number of aliphatic hydroxyl groups is 1. The van der Waals surface area contributed by atoms with Gasteiger partial charge in [-0.1, -0.05) is 30.3 Å². The molecule has 2 rings (SSSR count). The Labute approximate surface area is 101 Å². The highest BCUT2D eigenvalue weighted by molar-refractivity contribution is 5.87. The highest BCUT2D eigenvalue weighted by atomic mass is 16.3. The number of rotatable bonds is 4. The second-order valence-electron chi connectivity index (χ2n) is 4.65. The van der Waals surface area contributed by atoms with Crippen LogP contribution in [-0.4, -0.2) is 23.1 Å². The number of aliphatic hydroxyl groups excluding tert-OH is 1. The fourth-order valence-corrected chi connectivity index (χ4v) is 1.94. The number of nitrogens with one attached hydrogen (secondary N) is 1. The predicted octanol–water partition coefficient (Wildman–Crippen LogP) is 0.718. The fourth-order valence-electron chi connectivity index (χ4n) is 1.94. The number of benzene rings is 1. The first kappa shape index (κ1) is 12.1. The minimum atomic E-state index is -0.698. The molecule has 1 aromatic rings. The smallest absolute Gasteiger partial charge is 0.240 e. The highest BCUT2D eigenvalue weighted by Crippen LogP contribution is 2.29. The molecule has 1 fully saturated rings. The van der Waals surface area contributed by atoms with E-state index >= 15 is 0 Å². The standard InChI is InChI=1S/C13H18N2O2/c14-13(7-4-8-13)12(17)15-9-11(16)10-5-2-1-3-6-10/h1-3,5-6,11,16H,4,7-9,14H2,(H,15,17). The lowest BCUT2D eigenvalue weighted by atomic mass is 9.77. The third-order valence-electron chi connectivity index (χ3n) is 3.34. The van der Waals surface area contributed by atoms with Crippen molar-refractivity contribution in [2.24, 2.45) is 5.73 Å². The van der Waals surface area contributed by atoms with Gasteiger partial charge in [-0.05, 0) is 24.8 Å². The van der Waals surface area contributed by atoms with Crippen LogP contribution in [0.3, 0.4) is 0 Å². The third-order valence-corrected chi connectivity index (χ3v) is 3.34. The van der Waals surface area contributed by atoms with Gasteiger partial charge in [0.05, 0.1) is 11.6 Å². The molecule has 0 saturated heterocycles. The summed E-state index contributed by atoms with van der Waals surface area (Å²) < 4.78 is 0. The first-order valence-corrected chi connectivity index (χ1v) is 5.92. The van der Waals surface area contributed by atoms with Gasteiger partial charge < -0.3 is 16.2 Å². The van der Waals surface area contributed by atoms with Gasteiger partial charge in [0.1, 0.15) is 0 Å². The van der Waals surface area contributed by atoms with Crippen molar-refractivity contribution in [3.63, 3.8) is 0 Å². The molecule has 0 aliphatic heterocycles. The molecule has 1 saturated carbocycles. The molecule has 1 aliphatic rings. The molecule has 4 heteroatoms. The van der Waals surface area contributed by atoms with Crippen molar-refractivity contribution in [2.45, 2.75) is 30.9 Å². The number of hydrogen-bond acceptors (Lipinski definition) is 3. The Hall–Kier alpha value is -1.39. The van der Waals surface area contributed by atoms with E-state index in [1.165, 1.54) is 0 Å². The summed E-state index contributed by atoms with van der Waals surface area (Å²) in [5, 5.41) is 12.6. The number of hydrogen-bond donors (Lipinski definition) is 3. The zero-order valence-corrected chi connectivity index (χ0v) is 9.73. The summed E-state index contributed by atoms with van der Waals surface area (Å²) in [4.78, 5) is 11.7. The number of amides is 1. The SMILES string of the molecule is NC1(C(=O)NCC(O)c2ccccc2)CCC1. The van der Waals surface area contributed by atoms with E-state index < -0.39 is 11.6 Å². The lowest BCUT2D eigenvalue weighted by molar-refractivity contribution is -0.129. The van der Waals surface area contributed by atoms with Crippen LogP contribution in [0.4, 0.5) is 0 Å². The lowest BCUT2D eigenvalue weighted by Crippen LogP contribution is -2.58. The van der Waals surface area contributed by atoms with Crippen LogP contribution in [0.15, 0.2) is 30.3 Å².